The number of hydrogen-bond acceptors (Lipinski definition) is 4. The summed E-state index contributed by atoms with van der Waals surface area (Å²) in [4.78, 5) is 17.0. The summed E-state index contributed by atoms with van der Waals surface area (Å²) in [6.45, 7) is 4.61. The number of aromatic nitrogens is 2. The van der Waals surface area contributed by atoms with Crippen LogP contribution in [0.2, 0.25) is 0 Å². The summed E-state index contributed by atoms with van der Waals surface area (Å²) >= 11 is 0. The summed E-state index contributed by atoms with van der Waals surface area (Å²) in [5, 5.41) is 2.96. The Labute approximate surface area is 136 Å². The molecule has 1 fully saturated rings. The predicted molar refractivity (Wildman–Crippen MR) is 89.1 cm³/mol. The van der Waals surface area contributed by atoms with E-state index in [1.807, 2.05) is 18.2 Å². The van der Waals surface area contributed by atoms with Gasteiger partial charge in [-0.3, -0.25) is 4.79 Å². The van der Waals surface area contributed by atoms with Crippen molar-refractivity contribution >= 4 is 16.9 Å². The van der Waals surface area contributed by atoms with Gasteiger partial charge < -0.3 is 20.4 Å². The number of benzene rings is 1. The molecule has 3 N–H and O–H groups in total. The van der Waals surface area contributed by atoms with E-state index in [4.69, 9.17) is 10.5 Å². The maximum atomic E-state index is 12.3. The molecule has 0 bridgehead atoms. The van der Waals surface area contributed by atoms with E-state index in [0.29, 0.717) is 39.0 Å². The van der Waals surface area contributed by atoms with Gasteiger partial charge in [0, 0.05) is 32.7 Å². The molecule has 6 nitrogen and oxygen atoms in total. The number of aryl methyl sites for hydroxylation is 1. The van der Waals surface area contributed by atoms with Crippen LogP contribution in [-0.4, -0.2) is 40.8 Å². The van der Waals surface area contributed by atoms with Gasteiger partial charge in [-0.15, -0.1) is 0 Å². The number of nitrogens with two attached hydrogens (primary N) is 1. The van der Waals surface area contributed by atoms with Crippen LogP contribution < -0.4 is 11.1 Å². The largest absolute Gasteiger partial charge is 0.381 e. The molecule has 2 heterocycles. The number of nitrogens with one attached hydrogen (secondary N) is 1. The molecule has 1 amide bonds. The van der Waals surface area contributed by atoms with Crippen molar-refractivity contribution in [3.05, 3.63) is 30.1 Å². The van der Waals surface area contributed by atoms with Crippen molar-refractivity contribution in [3.63, 3.8) is 0 Å². The maximum absolute atomic E-state index is 12.3. The molecule has 1 aliphatic heterocycles. The van der Waals surface area contributed by atoms with Gasteiger partial charge in [0.05, 0.1) is 16.6 Å². The van der Waals surface area contributed by atoms with Gasteiger partial charge in [-0.1, -0.05) is 12.1 Å². The molecular weight excluding hydrogens is 292 g/mol. The Morgan fingerprint density at radius 2 is 2.13 bits per heavy atom. The van der Waals surface area contributed by atoms with Gasteiger partial charge in [-0.05, 0) is 31.9 Å². The minimum Gasteiger partial charge on any atom is -0.381 e. The van der Waals surface area contributed by atoms with E-state index >= 15 is 0 Å². The number of para-hydroxylation sites is 2. The molecule has 1 aromatic heterocycles. The monoisotopic (exact) mass is 316 g/mol. The summed E-state index contributed by atoms with van der Waals surface area (Å²) in [6, 6.07) is 8.10. The number of fused-ring (bicyclic) bond motifs is 1. The Morgan fingerprint density at radius 1 is 1.39 bits per heavy atom. The molecule has 1 aromatic carbocycles. The summed E-state index contributed by atoms with van der Waals surface area (Å²) < 4.78 is 7.47. The quantitative estimate of drug-likeness (QED) is 0.869. The van der Waals surface area contributed by atoms with Crippen LogP contribution in [0.3, 0.4) is 0 Å². The summed E-state index contributed by atoms with van der Waals surface area (Å²) in [5.41, 5.74) is 7.53. The van der Waals surface area contributed by atoms with Crippen molar-refractivity contribution in [1.29, 1.82) is 0 Å². The fraction of sp³-hybridized carbons (Fsp3) is 0.529. The van der Waals surface area contributed by atoms with Crippen LogP contribution >= 0.6 is 0 Å². The highest BCUT2D eigenvalue weighted by Crippen LogP contribution is 2.18. The highest BCUT2D eigenvalue weighted by Gasteiger charge is 2.35. The van der Waals surface area contributed by atoms with Gasteiger partial charge in [0.25, 0.3) is 0 Å². The van der Waals surface area contributed by atoms with Crippen molar-refractivity contribution in [2.24, 2.45) is 5.73 Å². The van der Waals surface area contributed by atoms with E-state index in [2.05, 4.69) is 27.9 Å². The molecule has 0 radical (unpaired) electrons. The van der Waals surface area contributed by atoms with Crippen molar-refractivity contribution in [3.8, 4) is 0 Å². The number of carbonyl (C=O) groups is 1. The fourth-order valence-electron chi connectivity index (χ4n) is 3.10. The lowest BCUT2D eigenvalue weighted by Gasteiger charge is -2.31. The van der Waals surface area contributed by atoms with Gasteiger partial charge in [0.15, 0.2) is 0 Å². The van der Waals surface area contributed by atoms with Crippen LogP contribution in [0.25, 0.3) is 11.0 Å². The van der Waals surface area contributed by atoms with Crippen LogP contribution in [0.4, 0.5) is 0 Å². The predicted octanol–water partition coefficient (Wildman–Crippen LogP) is 1.22. The van der Waals surface area contributed by atoms with Crippen LogP contribution in [0.1, 0.15) is 25.6 Å². The van der Waals surface area contributed by atoms with E-state index in [0.717, 1.165) is 23.4 Å². The van der Waals surface area contributed by atoms with Gasteiger partial charge in [-0.25, -0.2) is 4.98 Å². The van der Waals surface area contributed by atoms with E-state index in [9.17, 15) is 4.79 Å². The number of ether oxygens (including phenoxy) is 1. The van der Waals surface area contributed by atoms with Crippen molar-refractivity contribution in [1.82, 2.24) is 14.9 Å². The molecule has 0 unspecified atom stereocenters. The zero-order chi connectivity index (χ0) is 16.3. The lowest BCUT2D eigenvalue weighted by Crippen LogP contribution is -2.57. The van der Waals surface area contributed by atoms with Crippen molar-refractivity contribution in [2.45, 2.75) is 38.3 Å². The second-order valence-corrected chi connectivity index (χ2v) is 6.04. The summed E-state index contributed by atoms with van der Waals surface area (Å²) in [5.74, 6) is 0.909. The third-order valence-electron chi connectivity index (χ3n) is 4.52. The zero-order valence-corrected chi connectivity index (χ0v) is 13.5. The van der Waals surface area contributed by atoms with Crippen LogP contribution in [0, 0.1) is 0 Å². The third kappa shape index (κ3) is 3.23. The fourth-order valence-corrected chi connectivity index (χ4v) is 3.10. The van der Waals surface area contributed by atoms with E-state index in [1.54, 1.807) is 0 Å². The molecule has 0 atom stereocenters. The van der Waals surface area contributed by atoms with Crippen LogP contribution in [0.5, 0.6) is 0 Å². The standard InChI is InChI=1S/C17H24N4O2/c1-2-21-14-6-4-3-5-13(14)20-15(21)7-10-19-16(22)17(18)8-11-23-12-9-17/h3-6H,2,7-12,18H2,1H3,(H,19,22). The highest BCUT2D eigenvalue weighted by molar-refractivity contribution is 5.86. The first-order valence-corrected chi connectivity index (χ1v) is 8.23. The topological polar surface area (TPSA) is 82.2 Å². The third-order valence-corrected chi connectivity index (χ3v) is 4.52. The van der Waals surface area contributed by atoms with E-state index < -0.39 is 5.54 Å². The van der Waals surface area contributed by atoms with Crippen LogP contribution in [0.15, 0.2) is 24.3 Å². The molecule has 124 valence electrons. The number of imidazole rings is 1. The first kappa shape index (κ1) is 16.0. The molecule has 1 saturated heterocycles. The Bertz CT molecular complexity index is 689. The highest BCUT2D eigenvalue weighted by atomic mass is 16.5. The second kappa shape index (κ2) is 6.68. The SMILES string of the molecule is CCn1c(CCNC(=O)C2(N)CCOCC2)nc2ccccc21. The normalized spacial score (nSPS) is 17.3. The summed E-state index contributed by atoms with van der Waals surface area (Å²) in [6.07, 6.45) is 1.85. The first-order valence-electron chi connectivity index (χ1n) is 8.23. The average molecular weight is 316 g/mol. The molecule has 2 aromatic rings. The van der Waals surface area contributed by atoms with E-state index in [-0.39, 0.29) is 5.91 Å². The molecule has 0 aliphatic carbocycles. The Balaban J connectivity index is 1.63. The van der Waals surface area contributed by atoms with Gasteiger partial charge in [-0.2, -0.15) is 0 Å². The molecule has 1 aliphatic rings. The first-order chi connectivity index (χ1) is 11.1. The van der Waals surface area contributed by atoms with Gasteiger partial charge in [0.2, 0.25) is 5.91 Å². The minimum atomic E-state index is -0.789. The Hall–Kier alpha value is -1.92. The number of rotatable bonds is 5. The molecule has 0 saturated carbocycles. The van der Waals surface area contributed by atoms with Crippen molar-refractivity contribution in [2.75, 3.05) is 19.8 Å². The lowest BCUT2D eigenvalue weighted by atomic mass is 9.90. The molecular formula is C17H24N4O2. The number of carbonyl (C=O) groups excluding carboxylic acids is 1. The second-order valence-electron chi connectivity index (χ2n) is 6.04. The number of amides is 1. The van der Waals surface area contributed by atoms with Crippen LogP contribution in [-0.2, 0) is 22.5 Å². The maximum Gasteiger partial charge on any atom is 0.240 e. The minimum absolute atomic E-state index is 0.0834. The van der Waals surface area contributed by atoms with Gasteiger partial charge in [0.1, 0.15) is 5.82 Å². The Morgan fingerprint density at radius 3 is 2.87 bits per heavy atom. The molecule has 6 heteroatoms. The molecule has 0 spiro atoms. The smallest absolute Gasteiger partial charge is 0.240 e. The molecule has 23 heavy (non-hydrogen) atoms. The van der Waals surface area contributed by atoms with Crippen molar-refractivity contribution < 1.29 is 9.53 Å². The van der Waals surface area contributed by atoms with E-state index in [1.165, 1.54) is 0 Å². The zero-order valence-electron chi connectivity index (χ0n) is 13.5. The lowest BCUT2D eigenvalue weighted by molar-refractivity contribution is -0.129. The number of hydrogen-bond donors (Lipinski definition) is 2. The Kier molecular flexibility index (Phi) is 4.63. The summed E-state index contributed by atoms with van der Waals surface area (Å²) in [7, 11) is 0. The van der Waals surface area contributed by atoms with Gasteiger partial charge >= 0.3 is 0 Å². The average Bonchev–Trinajstić information content (AvgIpc) is 2.92. The number of nitrogens with zero attached hydrogens (tertiary/aromatic N) is 2. The molecule has 3 rings (SSSR count).